The Morgan fingerprint density at radius 3 is 1.06 bits per heavy atom. The topological polar surface area (TPSA) is 4.93 Å². The molecule has 0 aliphatic heterocycles. The average Bonchev–Trinajstić information content (AvgIpc) is 3.57. The fourth-order valence-electron chi connectivity index (χ4n) is 8.10. The second kappa shape index (κ2) is 13.0. The monoisotopic (exact) mass is 673 g/mol. The molecule has 9 aromatic carbocycles. The summed E-state index contributed by atoms with van der Waals surface area (Å²) in [5.41, 5.74) is 13.4. The van der Waals surface area contributed by atoms with Gasteiger partial charge >= 0.3 is 0 Å². The van der Waals surface area contributed by atoms with Gasteiger partial charge in [0, 0.05) is 16.5 Å². The molecule has 0 saturated heterocycles. The van der Waals surface area contributed by atoms with Gasteiger partial charge in [0.1, 0.15) is 0 Å². The van der Waals surface area contributed by atoms with Gasteiger partial charge in [-0.1, -0.05) is 188 Å². The molecule has 0 bridgehead atoms. The maximum Gasteiger partial charge on any atom is 0.0541 e. The van der Waals surface area contributed by atoms with Gasteiger partial charge in [-0.05, 0) is 90.3 Å². The zero-order valence-electron chi connectivity index (χ0n) is 29.2. The van der Waals surface area contributed by atoms with Crippen molar-refractivity contribution in [3.05, 3.63) is 211 Å². The summed E-state index contributed by atoms with van der Waals surface area (Å²) >= 11 is 0. The van der Waals surface area contributed by atoms with E-state index >= 15 is 0 Å². The number of aromatic nitrogens is 1. The van der Waals surface area contributed by atoms with Crippen molar-refractivity contribution in [3.63, 3.8) is 0 Å². The number of hydrogen-bond donors (Lipinski definition) is 0. The van der Waals surface area contributed by atoms with Gasteiger partial charge in [-0.2, -0.15) is 0 Å². The highest BCUT2D eigenvalue weighted by Gasteiger charge is 2.17. The van der Waals surface area contributed by atoms with Crippen LogP contribution in [0.4, 0.5) is 0 Å². The Bertz CT molecular complexity index is 2840. The van der Waals surface area contributed by atoms with Gasteiger partial charge in [-0.25, -0.2) is 0 Å². The molecule has 248 valence electrons. The minimum absolute atomic E-state index is 1.16. The second-order valence-electron chi connectivity index (χ2n) is 13.7. The Hall–Kier alpha value is -6.96. The third-order valence-corrected chi connectivity index (χ3v) is 10.6. The first kappa shape index (κ1) is 30.8. The molecule has 0 aliphatic rings. The predicted octanol–water partition coefficient (Wildman–Crippen LogP) is 14.3. The van der Waals surface area contributed by atoms with Crippen LogP contribution in [0.2, 0.25) is 0 Å². The van der Waals surface area contributed by atoms with Crippen molar-refractivity contribution < 1.29 is 0 Å². The number of para-hydroxylation sites is 2. The molecular formula is C52H35N. The lowest BCUT2D eigenvalue weighted by atomic mass is 9.86. The third-order valence-electron chi connectivity index (χ3n) is 10.6. The molecule has 0 atom stereocenters. The highest BCUT2D eigenvalue weighted by Crippen LogP contribution is 2.44. The van der Waals surface area contributed by atoms with E-state index in [1.807, 2.05) is 0 Å². The molecule has 1 heteroatoms. The van der Waals surface area contributed by atoms with Gasteiger partial charge in [-0.3, -0.25) is 0 Å². The first-order chi connectivity index (χ1) is 26.3. The maximum absolute atomic E-state index is 2.38. The van der Waals surface area contributed by atoms with Crippen LogP contribution in [0.15, 0.2) is 200 Å². The standard InChI is InChI=1S/C52H35N/c1-2-12-38(13-3-1)39-28-24-36(25-29-39)22-23-37-26-30-40(31-27-37)51-45-16-4-6-18-47(45)52(48-19-7-5-17-46(48)51)41-32-34-42(35-33-41)53-49-20-10-8-14-43(49)44-15-9-11-21-50(44)53/h1-35H. The van der Waals surface area contributed by atoms with Crippen LogP contribution in [0.1, 0.15) is 11.1 Å². The van der Waals surface area contributed by atoms with Crippen LogP contribution in [0.5, 0.6) is 0 Å². The van der Waals surface area contributed by atoms with Crippen molar-refractivity contribution >= 4 is 55.5 Å². The fourth-order valence-corrected chi connectivity index (χ4v) is 8.10. The van der Waals surface area contributed by atoms with Crippen LogP contribution in [-0.2, 0) is 0 Å². The smallest absolute Gasteiger partial charge is 0.0541 e. The van der Waals surface area contributed by atoms with Gasteiger partial charge in [-0.15, -0.1) is 0 Å². The fraction of sp³-hybridized carbons (Fsp3) is 0. The van der Waals surface area contributed by atoms with E-state index in [-0.39, 0.29) is 0 Å². The summed E-state index contributed by atoms with van der Waals surface area (Å²) in [7, 11) is 0. The molecule has 1 heterocycles. The number of rotatable bonds is 6. The SMILES string of the molecule is C(=Cc1ccc(-c2c3ccccc3c(-c3ccc(-n4c5ccccc5c5ccccc54)cc3)c3ccccc23)cc1)c1ccc(-c2ccccc2)cc1. The predicted molar refractivity (Wildman–Crippen MR) is 227 cm³/mol. The Labute approximate surface area is 309 Å². The van der Waals surface area contributed by atoms with E-state index in [4.69, 9.17) is 0 Å². The number of fused-ring (bicyclic) bond motifs is 5. The summed E-state index contributed by atoms with van der Waals surface area (Å²) < 4.78 is 2.38. The van der Waals surface area contributed by atoms with Crippen LogP contribution < -0.4 is 0 Å². The number of benzene rings is 9. The molecule has 0 aliphatic carbocycles. The highest BCUT2D eigenvalue weighted by atomic mass is 15.0. The highest BCUT2D eigenvalue weighted by molar-refractivity contribution is 6.21. The lowest BCUT2D eigenvalue weighted by Crippen LogP contribution is -1.94. The van der Waals surface area contributed by atoms with Crippen molar-refractivity contribution in [2.75, 3.05) is 0 Å². The molecule has 0 spiro atoms. The van der Waals surface area contributed by atoms with Gasteiger partial charge < -0.3 is 4.57 Å². The second-order valence-corrected chi connectivity index (χ2v) is 13.7. The molecule has 1 nitrogen and oxygen atoms in total. The summed E-state index contributed by atoms with van der Waals surface area (Å²) in [6, 6.07) is 72.6. The van der Waals surface area contributed by atoms with E-state index in [0.29, 0.717) is 0 Å². The summed E-state index contributed by atoms with van der Waals surface area (Å²) in [5.74, 6) is 0. The van der Waals surface area contributed by atoms with E-state index in [1.54, 1.807) is 0 Å². The molecule has 0 amide bonds. The van der Waals surface area contributed by atoms with Crippen LogP contribution in [0.25, 0.3) is 94.6 Å². The van der Waals surface area contributed by atoms with Crippen molar-refractivity contribution in [1.82, 2.24) is 4.57 Å². The average molecular weight is 674 g/mol. The number of hydrogen-bond acceptors (Lipinski definition) is 0. The zero-order valence-corrected chi connectivity index (χ0v) is 29.2. The van der Waals surface area contributed by atoms with Crippen molar-refractivity contribution in [2.24, 2.45) is 0 Å². The molecule has 0 saturated carbocycles. The minimum atomic E-state index is 1.16. The quantitative estimate of drug-likeness (QED) is 0.122. The van der Waals surface area contributed by atoms with Gasteiger partial charge in [0.25, 0.3) is 0 Å². The first-order valence-electron chi connectivity index (χ1n) is 18.3. The molecule has 0 unspecified atom stereocenters. The molecule has 0 N–H and O–H groups in total. The summed E-state index contributed by atoms with van der Waals surface area (Å²) in [5, 5.41) is 7.58. The number of nitrogens with zero attached hydrogens (tertiary/aromatic N) is 1. The summed E-state index contributed by atoms with van der Waals surface area (Å²) in [6.07, 6.45) is 4.39. The largest absolute Gasteiger partial charge is 0.309 e. The normalized spacial score (nSPS) is 11.7. The van der Waals surface area contributed by atoms with Gasteiger partial charge in [0.05, 0.1) is 11.0 Å². The van der Waals surface area contributed by atoms with Crippen LogP contribution in [-0.4, -0.2) is 4.57 Å². The molecule has 0 fully saturated rings. The zero-order chi connectivity index (χ0) is 35.1. The van der Waals surface area contributed by atoms with Crippen molar-refractivity contribution in [3.8, 4) is 39.1 Å². The van der Waals surface area contributed by atoms with Crippen LogP contribution in [0.3, 0.4) is 0 Å². The molecule has 10 rings (SSSR count). The molecule has 0 radical (unpaired) electrons. The van der Waals surface area contributed by atoms with E-state index < -0.39 is 0 Å². The van der Waals surface area contributed by atoms with E-state index in [0.717, 1.165) is 5.69 Å². The maximum atomic E-state index is 2.38. The van der Waals surface area contributed by atoms with Gasteiger partial charge in [0.15, 0.2) is 0 Å². The Kier molecular flexibility index (Phi) is 7.55. The van der Waals surface area contributed by atoms with E-state index in [2.05, 4.69) is 217 Å². The minimum Gasteiger partial charge on any atom is -0.309 e. The third kappa shape index (κ3) is 5.42. The Morgan fingerprint density at radius 1 is 0.264 bits per heavy atom. The van der Waals surface area contributed by atoms with E-state index in [1.165, 1.54) is 87.9 Å². The van der Waals surface area contributed by atoms with Crippen LogP contribution in [0, 0.1) is 0 Å². The first-order valence-corrected chi connectivity index (χ1v) is 18.3. The Balaban J connectivity index is 1.02. The molecule has 53 heavy (non-hydrogen) atoms. The van der Waals surface area contributed by atoms with Crippen molar-refractivity contribution in [1.29, 1.82) is 0 Å². The molecular weight excluding hydrogens is 639 g/mol. The molecule has 10 aromatic rings. The molecule has 1 aromatic heterocycles. The Morgan fingerprint density at radius 2 is 0.604 bits per heavy atom. The lowest BCUT2D eigenvalue weighted by Gasteiger charge is -2.18. The summed E-state index contributed by atoms with van der Waals surface area (Å²) in [4.78, 5) is 0. The van der Waals surface area contributed by atoms with E-state index in [9.17, 15) is 0 Å². The lowest BCUT2D eigenvalue weighted by molar-refractivity contribution is 1.18. The van der Waals surface area contributed by atoms with Gasteiger partial charge in [0.2, 0.25) is 0 Å². The van der Waals surface area contributed by atoms with Crippen LogP contribution >= 0.6 is 0 Å². The summed E-state index contributed by atoms with van der Waals surface area (Å²) in [6.45, 7) is 0. The van der Waals surface area contributed by atoms with Crippen molar-refractivity contribution in [2.45, 2.75) is 0 Å².